The molecule has 0 saturated carbocycles. The highest BCUT2D eigenvalue weighted by Crippen LogP contribution is 2.19. The van der Waals surface area contributed by atoms with E-state index in [2.05, 4.69) is 15.0 Å². The number of rotatable bonds is 7. The van der Waals surface area contributed by atoms with E-state index in [1.54, 1.807) is 12.3 Å². The van der Waals surface area contributed by atoms with Gasteiger partial charge in [-0.15, -0.1) is 11.3 Å². The number of nitrogens with one attached hydrogen (secondary N) is 1. The molecule has 0 aliphatic carbocycles. The summed E-state index contributed by atoms with van der Waals surface area (Å²) >= 11 is 1.52. The number of carbonyl (C=O) groups is 2. The van der Waals surface area contributed by atoms with Gasteiger partial charge in [0.2, 0.25) is 5.91 Å². The van der Waals surface area contributed by atoms with Gasteiger partial charge in [-0.05, 0) is 25.0 Å². The van der Waals surface area contributed by atoms with E-state index < -0.39 is 0 Å². The molecule has 126 valence electrons. The van der Waals surface area contributed by atoms with Crippen LogP contribution in [0.15, 0.2) is 42.6 Å². The maximum Gasteiger partial charge on any atom is 0.305 e. The predicted octanol–water partition coefficient (Wildman–Crippen LogP) is 3.28. The highest BCUT2D eigenvalue weighted by Gasteiger charge is 2.15. The Kier molecular flexibility index (Phi) is 6.69. The van der Waals surface area contributed by atoms with E-state index in [1.165, 1.54) is 24.5 Å². The number of esters is 1. The number of aromatic nitrogens is 1. The monoisotopic (exact) mass is 344 g/mol. The second-order valence-electron chi connectivity index (χ2n) is 5.20. The summed E-state index contributed by atoms with van der Waals surface area (Å²) in [4.78, 5) is 28.7. The molecule has 1 amide bonds. The van der Waals surface area contributed by atoms with Gasteiger partial charge in [-0.2, -0.15) is 0 Å². The van der Waals surface area contributed by atoms with Crippen LogP contribution in [0.5, 0.6) is 0 Å². The number of aryl methyl sites for hydroxylation is 1. The molecule has 0 saturated heterocycles. The molecule has 0 fully saturated rings. The molecule has 1 N–H and O–H groups in total. The fourth-order valence-corrected chi connectivity index (χ4v) is 2.89. The van der Waals surface area contributed by atoms with Crippen molar-refractivity contribution in [3.8, 4) is 0 Å². The Balaban J connectivity index is 2.02. The summed E-state index contributed by atoms with van der Waals surface area (Å²) in [5.41, 5.74) is 0.955. The van der Waals surface area contributed by atoms with E-state index in [1.807, 2.05) is 37.3 Å². The van der Waals surface area contributed by atoms with Crippen LogP contribution in [-0.2, 0) is 14.3 Å². The number of nitrogens with zero attached hydrogens (tertiary/aromatic N) is 1. The predicted molar refractivity (Wildman–Crippen MR) is 94.5 cm³/mol. The summed E-state index contributed by atoms with van der Waals surface area (Å²) in [6.45, 7) is 1.92. The second-order valence-corrected chi connectivity index (χ2v) is 6.47. The molecule has 1 atom stereocenters. The summed E-state index contributed by atoms with van der Waals surface area (Å²) < 4.78 is 4.68. The normalized spacial score (nSPS) is 12.1. The first-order valence-corrected chi connectivity index (χ1v) is 8.43. The van der Waals surface area contributed by atoms with Crippen molar-refractivity contribution in [1.82, 2.24) is 10.3 Å². The van der Waals surface area contributed by atoms with Gasteiger partial charge in [0, 0.05) is 23.6 Å². The van der Waals surface area contributed by atoms with Crippen LogP contribution < -0.4 is 5.32 Å². The lowest BCUT2D eigenvalue weighted by Gasteiger charge is -2.17. The average molecular weight is 344 g/mol. The number of hydrogen-bond acceptors (Lipinski definition) is 5. The molecule has 0 spiro atoms. The Morgan fingerprint density at radius 1 is 1.33 bits per heavy atom. The summed E-state index contributed by atoms with van der Waals surface area (Å²) in [5.74, 6) is -0.499. The van der Waals surface area contributed by atoms with Gasteiger partial charge >= 0.3 is 5.97 Å². The fourth-order valence-electron chi connectivity index (χ4n) is 2.20. The lowest BCUT2D eigenvalue weighted by atomic mass is 10.0. The molecule has 0 aliphatic rings. The van der Waals surface area contributed by atoms with Gasteiger partial charge in [0.05, 0.1) is 18.2 Å². The highest BCUT2D eigenvalue weighted by molar-refractivity contribution is 7.12. The first-order valence-electron chi connectivity index (χ1n) is 7.61. The number of methoxy groups -OCH3 is 1. The van der Waals surface area contributed by atoms with E-state index in [0.29, 0.717) is 6.42 Å². The molecule has 0 radical (unpaired) electrons. The smallest absolute Gasteiger partial charge is 0.305 e. The molecule has 0 bridgehead atoms. The zero-order valence-corrected chi connectivity index (χ0v) is 14.5. The van der Waals surface area contributed by atoms with Crippen LogP contribution in [-0.4, -0.2) is 24.0 Å². The largest absolute Gasteiger partial charge is 0.469 e. The van der Waals surface area contributed by atoms with Crippen molar-refractivity contribution in [1.29, 1.82) is 0 Å². The van der Waals surface area contributed by atoms with E-state index in [4.69, 9.17) is 0 Å². The minimum atomic E-state index is -0.291. The maximum atomic E-state index is 12.2. The Labute approximate surface area is 145 Å². The van der Waals surface area contributed by atoms with Gasteiger partial charge in [0.25, 0.3) is 0 Å². The van der Waals surface area contributed by atoms with Crippen molar-refractivity contribution >= 4 is 29.3 Å². The molecule has 0 unspecified atom stereocenters. The zero-order valence-electron chi connectivity index (χ0n) is 13.7. The molecule has 2 rings (SSSR count). The Bertz CT molecular complexity index is 710. The van der Waals surface area contributed by atoms with Crippen LogP contribution in [0.4, 0.5) is 0 Å². The quantitative estimate of drug-likeness (QED) is 0.618. The van der Waals surface area contributed by atoms with Crippen molar-refractivity contribution in [3.63, 3.8) is 0 Å². The molecule has 1 aromatic carbocycles. The zero-order chi connectivity index (χ0) is 17.4. The van der Waals surface area contributed by atoms with Crippen molar-refractivity contribution in [3.05, 3.63) is 58.1 Å². The summed E-state index contributed by atoms with van der Waals surface area (Å²) in [7, 11) is 1.36. The van der Waals surface area contributed by atoms with Gasteiger partial charge in [0.1, 0.15) is 0 Å². The molecular formula is C18H20N2O3S. The highest BCUT2D eigenvalue weighted by atomic mass is 32.1. The topological polar surface area (TPSA) is 68.3 Å². The van der Waals surface area contributed by atoms with Gasteiger partial charge in [-0.1, -0.05) is 30.3 Å². The van der Waals surface area contributed by atoms with Crippen molar-refractivity contribution < 1.29 is 14.3 Å². The number of hydrogen-bond donors (Lipinski definition) is 1. The van der Waals surface area contributed by atoms with Crippen molar-refractivity contribution in [2.75, 3.05) is 7.11 Å². The molecule has 1 heterocycles. The molecular weight excluding hydrogens is 324 g/mol. The summed E-state index contributed by atoms with van der Waals surface area (Å²) in [5, 5.41) is 3.89. The minimum absolute atomic E-state index is 0.209. The van der Waals surface area contributed by atoms with E-state index in [-0.39, 0.29) is 24.3 Å². The van der Waals surface area contributed by atoms with Gasteiger partial charge in [-0.3, -0.25) is 9.59 Å². The van der Waals surface area contributed by atoms with E-state index in [9.17, 15) is 9.59 Å². The maximum absolute atomic E-state index is 12.2. The second kappa shape index (κ2) is 8.98. The number of ether oxygens (including phenoxy) is 1. The van der Waals surface area contributed by atoms with Crippen LogP contribution in [0.3, 0.4) is 0 Å². The summed E-state index contributed by atoms with van der Waals surface area (Å²) in [6, 6.07) is 9.34. The number of thiazole rings is 1. The standard InChI is InChI=1S/C18H20N2O3S/c1-13-19-12-15(24-13)8-10-17(21)20-16(9-11-18(22)23-2)14-6-4-3-5-7-14/h3-8,10,12,16H,9,11H2,1-2H3,(H,20,21)/b10-8+/t16-/m0/s1. The fraction of sp³-hybridized carbons (Fsp3) is 0.278. The first kappa shape index (κ1) is 17.9. The van der Waals surface area contributed by atoms with Crippen molar-refractivity contribution in [2.24, 2.45) is 0 Å². The molecule has 5 nitrogen and oxygen atoms in total. The Morgan fingerprint density at radius 2 is 2.08 bits per heavy atom. The third kappa shape index (κ3) is 5.62. The SMILES string of the molecule is COC(=O)CC[C@H](NC(=O)/C=C/c1cnc(C)s1)c1ccccc1. The first-order chi connectivity index (χ1) is 11.6. The molecule has 6 heteroatoms. The van der Waals surface area contributed by atoms with Crippen LogP contribution in [0.2, 0.25) is 0 Å². The average Bonchev–Trinajstić information content (AvgIpc) is 3.02. The number of amides is 1. The van der Waals surface area contributed by atoms with E-state index >= 15 is 0 Å². The molecule has 1 aromatic heterocycles. The van der Waals surface area contributed by atoms with Gasteiger partial charge < -0.3 is 10.1 Å². The Hall–Kier alpha value is -2.47. The van der Waals surface area contributed by atoms with Crippen molar-refractivity contribution in [2.45, 2.75) is 25.8 Å². The van der Waals surface area contributed by atoms with Crippen LogP contribution in [0.1, 0.15) is 34.3 Å². The Morgan fingerprint density at radius 3 is 2.71 bits per heavy atom. The third-order valence-corrected chi connectivity index (χ3v) is 4.30. The number of benzene rings is 1. The lowest BCUT2D eigenvalue weighted by Crippen LogP contribution is -2.27. The third-order valence-electron chi connectivity index (χ3n) is 3.42. The molecule has 2 aromatic rings. The molecule has 24 heavy (non-hydrogen) atoms. The summed E-state index contributed by atoms with van der Waals surface area (Å²) in [6.07, 6.45) is 5.68. The van der Waals surface area contributed by atoms with Crippen LogP contribution in [0.25, 0.3) is 6.08 Å². The van der Waals surface area contributed by atoms with Gasteiger partial charge in [0.15, 0.2) is 0 Å². The minimum Gasteiger partial charge on any atom is -0.469 e. The van der Waals surface area contributed by atoms with Gasteiger partial charge in [-0.25, -0.2) is 4.98 Å². The van der Waals surface area contributed by atoms with Crippen LogP contribution in [0, 0.1) is 6.92 Å². The molecule has 0 aliphatic heterocycles. The van der Waals surface area contributed by atoms with Crippen LogP contribution >= 0.6 is 11.3 Å². The lowest BCUT2D eigenvalue weighted by molar-refractivity contribution is -0.141. The number of carbonyl (C=O) groups excluding carboxylic acids is 2. The van der Waals surface area contributed by atoms with E-state index in [0.717, 1.165) is 15.4 Å².